The lowest BCUT2D eigenvalue weighted by atomic mass is 9.94. The summed E-state index contributed by atoms with van der Waals surface area (Å²) in [4.78, 5) is 56.6. The maximum atomic E-state index is 13.2. The van der Waals surface area contributed by atoms with Gasteiger partial charge in [-0.05, 0) is 56.5 Å². The number of hydrogen-bond acceptors (Lipinski definition) is 5. The van der Waals surface area contributed by atoms with Crippen LogP contribution in [-0.4, -0.2) is 76.7 Å². The van der Waals surface area contributed by atoms with Crippen molar-refractivity contribution in [3.8, 4) is 0 Å². The minimum Gasteiger partial charge on any atom is -0.372 e. The molecular weight excluding hydrogens is 458 g/mol. The highest BCUT2D eigenvalue weighted by molar-refractivity contribution is 6.21. The van der Waals surface area contributed by atoms with Gasteiger partial charge in [-0.2, -0.15) is 0 Å². The Labute approximate surface area is 210 Å². The molecule has 2 saturated heterocycles. The van der Waals surface area contributed by atoms with Gasteiger partial charge in [0.25, 0.3) is 17.7 Å². The van der Waals surface area contributed by atoms with E-state index in [0.29, 0.717) is 55.7 Å². The standard InChI is InChI=1S/C28H31N3O5/c1-18-15-30(16-19(2)36-18)25(32)21-10-12-29(13-11-21)26(33)22-7-5-6-20(14-22)17-31-27(34)23-8-3-4-9-24(23)28(31)35/h3-9,14,18-19,21H,10-13,15-17H2,1-2H3. The van der Waals surface area contributed by atoms with Crippen molar-refractivity contribution in [1.29, 1.82) is 0 Å². The second-order valence-corrected chi connectivity index (χ2v) is 10.0. The zero-order valence-corrected chi connectivity index (χ0v) is 20.7. The average molecular weight is 490 g/mol. The smallest absolute Gasteiger partial charge is 0.261 e. The first-order valence-electron chi connectivity index (χ1n) is 12.6. The predicted molar refractivity (Wildman–Crippen MR) is 132 cm³/mol. The SMILES string of the molecule is CC1CN(C(=O)C2CCN(C(=O)c3cccc(CN4C(=O)c5ccccc5C4=O)c3)CC2)CC(C)O1. The van der Waals surface area contributed by atoms with E-state index >= 15 is 0 Å². The molecule has 0 saturated carbocycles. The number of piperidine rings is 1. The monoisotopic (exact) mass is 489 g/mol. The van der Waals surface area contributed by atoms with Crippen molar-refractivity contribution in [2.45, 2.75) is 45.4 Å². The van der Waals surface area contributed by atoms with Gasteiger partial charge < -0.3 is 14.5 Å². The molecule has 2 unspecified atom stereocenters. The van der Waals surface area contributed by atoms with Crippen LogP contribution in [0.2, 0.25) is 0 Å². The number of ether oxygens (including phenoxy) is 1. The zero-order valence-electron chi connectivity index (χ0n) is 20.7. The van der Waals surface area contributed by atoms with Crippen molar-refractivity contribution in [2.75, 3.05) is 26.2 Å². The minimum atomic E-state index is -0.317. The van der Waals surface area contributed by atoms with E-state index in [1.807, 2.05) is 24.8 Å². The molecule has 188 valence electrons. The molecule has 8 nitrogen and oxygen atoms in total. The summed E-state index contributed by atoms with van der Waals surface area (Å²) in [5, 5.41) is 0. The number of fused-ring (bicyclic) bond motifs is 1. The number of benzene rings is 2. The van der Waals surface area contributed by atoms with Gasteiger partial charge in [0, 0.05) is 37.7 Å². The molecule has 0 N–H and O–H groups in total. The highest BCUT2D eigenvalue weighted by atomic mass is 16.5. The topological polar surface area (TPSA) is 87.2 Å². The summed E-state index contributed by atoms with van der Waals surface area (Å²) in [6, 6.07) is 13.9. The molecule has 2 aromatic rings. The molecule has 4 amide bonds. The van der Waals surface area contributed by atoms with E-state index in [0.717, 1.165) is 5.56 Å². The van der Waals surface area contributed by atoms with E-state index in [1.165, 1.54) is 4.90 Å². The van der Waals surface area contributed by atoms with Crippen LogP contribution in [0.4, 0.5) is 0 Å². The Morgan fingerprint density at radius 3 is 2.08 bits per heavy atom. The third-order valence-corrected chi connectivity index (χ3v) is 7.26. The van der Waals surface area contributed by atoms with Crippen LogP contribution in [0.5, 0.6) is 0 Å². The Hall–Kier alpha value is -3.52. The van der Waals surface area contributed by atoms with Crippen LogP contribution >= 0.6 is 0 Å². The van der Waals surface area contributed by atoms with E-state index in [1.54, 1.807) is 47.4 Å². The lowest BCUT2D eigenvalue weighted by Crippen LogP contribution is -2.51. The molecule has 2 atom stereocenters. The first-order valence-corrected chi connectivity index (χ1v) is 12.6. The van der Waals surface area contributed by atoms with Gasteiger partial charge in [0.15, 0.2) is 0 Å². The van der Waals surface area contributed by atoms with Crippen LogP contribution in [0.3, 0.4) is 0 Å². The van der Waals surface area contributed by atoms with Crippen molar-refractivity contribution in [1.82, 2.24) is 14.7 Å². The molecule has 2 fully saturated rings. The van der Waals surface area contributed by atoms with Gasteiger partial charge in [-0.1, -0.05) is 24.3 Å². The molecule has 3 aliphatic rings. The third kappa shape index (κ3) is 4.65. The molecule has 0 aromatic heterocycles. The number of carbonyl (C=O) groups excluding carboxylic acids is 4. The second-order valence-electron chi connectivity index (χ2n) is 10.0. The van der Waals surface area contributed by atoms with Crippen molar-refractivity contribution in [3.05, 3.63) is 70.8 Å². The molecule has 0 aliphatic carbocycles. The van der Waals surface area contributed by atoms with Crippen molar-refractivity contribution < 1.29 is 23.9 Å². The van der Waals surface area contributed by atoms with Crippen LogP contribution in [0.25, 0.3) is 0 Å². The van der Waals surface area contributed by atoms with Gasteiger partial charge in [-0.3, -0.25) is 24.1 Å². The fraction of sp³-hybridized carbons (Fsp3) is 0.429. The van der Waals surface area contributed by atoms with Gasteiger partial charge in [0.1, 0.15) is 0 Å². The Bertz CT molecular complexity index is 1160. The number of rotatable bonds is 4. The highest BCUT2D eigenvalue weighted by Gasteiger charge is 2.36. The van der Waals surface area contributed by atoms with Crippen LogP contribution in [-0.2, 0) is 16.1 Å². The molecule has 36 heavy (non-hydrogen) atoms. The highest BCUT2D eigenvalue weighted by Crippen LogP contribution is 2.26. The summed E-state index contributed by atoms with van der Waals surface area (Å²) in [5.41, 5.74) is 2.06. The van der Waals surface area contributed by atoms with Crippen molar-refractivity contribution >= 4 is 23.6 Å². The van der Waals surface area contributed by atoms with Crippen LogP contribution < -0.4 is 0 Å². The molecule has 0 spiro atoms. The molecule has 5 rings (SSSR count). The lowest BCUT2D eigenvalue weighted by Gasteiger charge is -2.39. The van der Waals surface area contributed by atoms with Gasteiger partial charge in [-0.15, -0.1) is 0 Å². The Kier molecular flexibility index (Phi) is 6.62. The Morgan fingerprint density at radius 2 is 1.47 bits per heavy atom. The van der Waals surface area contributed by atoms with Crippen molar-refractivity contribution in [2.24, 2.45) is 5.92 Å². The summed E-state index contributed by atoms with van der Waals surface area (Å²) in [5.74, 6) is -0.649. The first kappa shape index (κ1) is 24.2. The maximum absolute atomic E-state index is 13.2. The Balaban J connectivity index is 1.20. The fourth-order valence-corrected chi connectivity index (χ4v) is 5.50. The van der Waals surface area contributed by atoms with E-state index < -0.39 is 0 Å². The number of imide groups is 1. The molecular formula is C28H31N3O5. The van der Waals surface area contributed by atoms with Crippen molar-refractivity contribution in [3.63, 3.8) is 0 Å². The molecule has 3 aliphatic heterocycles. The quantitative estimate of drug-likeness (QED) is 0.617. The second kappa shape index (κ2) is 9.85. The van der Waals surface area contributed by atoms with E-state index in [-0.39, 0.29) is 48.3 Å². The van der Waals surface area contributed by atoms with Gasteiger partial charge in [0.2, 0.25) is 5.91 Å². The Morgan fingerprint density at radius 1 is 0.861 bits per heavy atom. The summed E-state index contributed by atoms with van der Waals surface area (Å²) >= 11 is 0. The fourth-order valence-electron chi connectivity index (χ4n) is 5.50. The predicted octanol–water partition coefficient (Wildman–Crippen LogP) is 2.97. The van der Waals surface area contributed by atoms with Crippen LogP contribution in [0.15, 0.2) is 48.5 Å². The minimum absolute atomic E-state index is 0.0342. The van der Waals surface area contributed by atoms with Crippen LogP contribution in [0, 0.1) is 5.92 Å². The first-order chi connectivity index (χ1) is 17.3. The number of carbonyl (C=O) groups is 4. The van der Waals surface area contributed by atoms with Gasteiger partial charge in [0.05, 0.1) is 29.9 Å². The molecule has 8 heteroatoms. The number of nitrogens with zero attached hydrogens (tertiary/aromatic N) is 3. The number of likely N-dealkylation sites (tertiary alicyclic amines) is 1. The molecule has 3 heterocycles. The van der Waals surface area contributed by atoms with Gasteiger partial charge >= 0.3 is 0 Å². The third-order valence-electron chi connectivity index (χ3n) is 7.26. The number of hydrogen-bond donors (Lipinski definition) is 0. The largest absolute Gasteiger partial charge is 0.372 e. The number of amides is 4. The normalized spacial score (nSPS) is 22.7. The van der Waals surface area contributed by atoms with E-state index in [2.05, 4.69) is 0 Å². The van der Waals surface area contributed by atoms with E-state index in [4.69, 9.17) is 4.74 Å². The summed E-state index contributed by atoms with van der Waals surface area (Å²) in [7, 11) is 0. The average Bonchev–Trinajstić information content (AvgIpc) is 3.12. The zero-order chi connectivity index (χ0) is 25.4. The summed E-state index contributed by atoms with van der Waals surface area (Å²) < 4.78 is 5.74. The lowest BCUT2D eigenvalue weighted by molar-refractivity contribution is -0.148. The number of morpholine rings is 1. The molecule has 2 aromatic carbocycles. The van der Waals surface area contributed by atoms with Gasteiger partial charge in [-0.25, -0.2) is 0 Å². The maximum Gasteiger partial charge on any atom is 0.261 e. The van der Waals surface area contributed by atoms with E-state index in [9.17, 15) is 19.2 Å². The summed E-state index contributed by atoms with van der Waals surface area (Å²) in [6.45, 7) is 6.35. The van der Waals surface area contributed by atoms with Crippen LogP contribution in [0.1, 0.15) is 63.3 Å². The molecule has 0 bridgehead atoms. The molecule has 0 radical (unpaired) electrons. The summed E-state index contributed by atoms with van der Waals surface area (Å²) in [6.07, 6.45) is 1.35.